The third-order valence-electron chi connectivity index (χ3n) is 2.91. The van der Waals surface area contributed by atoms with Crippen LogP contribution in [-0.2, 0) is 11.2 Å². The topological polar surface area (TPSA) is 64.3 Å². The molecule has 1 aromatic carbocycles. The average molecular weight is 234 g/mol. The van der Waals surface area contributed by atoms with Gasteiger partial charge in [0.1, 0.15) is 5.75 Å². The van der Waals surface area contributed by atoms with Crippen LogP contribution in [-0.4, -0.2) is 19.1 Å². The van der Waals surface area contributed by atoms with Crippen LogP contribution in [0.2, 0.25) is 0 Å². The zero-order chi connectivity index (χ0) is 12.3. The number of nitrogens with two attached hydrogens (primary N) is 1. The van der Waals surface area contributed by atoms with E-state index in [1.54, 1.807) is 0 Å². The number of carbonyl (C=O) groups excluding carboxylic acids is 1. The number of amides is 1. The van der Waals surface area contributed by atoms with Crippen molar-refractivity contribution >= 4 is 11.6 Å². The molecule has 4 nitrogen and oxygen atoms in total. The van der Waals surface area contributed by atoms with Crippen molar-refractivity contribution in [3.8, 4) is 5.75 Å². The number of ether oxygens (including phenoxy) is 1. The zero-order valence-electron chi connectivity index (χ0n) is 10.0. The van der Waals surface area contributed by atoms with E-state index < -0.39 is 0 Å². The third kappa shape index (κ3) is 2.77. The fourth-order valence-corrected chi connectivity index (χ4v) is 1.81. The number of aryl methyl sites for hydroxylation is 1. The van der Waals surface area contributed by atoms with Crippen molar-refractivity contribution in [2.24, 2.45) is 11.7 Å². The van der Waals surface area contributed by atoms with Gasteiger partial charge in [-0.3, -0.25) is 4.79 Å². The molecule has 2 rings (SSSR count). The van der Waals surface area contributed by atoms with Crippen LogP contribution in [0.5, 0.6) is 5.75 Å². The molecule has 17 heavy (non-hydrogen) atoms. The summed E-state index contributed by atoms with van der Waals surface area (Å²) in [5.41, 5.74) is 7.43. The van der Waals surface area contributed by atoms with E-state index in [0.29, 0.717) is 13.2 Å². The molecule has 0 bridgehead atoms. The van der Waals surface area contributed by atoms with Gasteiger partial charge in [0.15, 0.2) is 0 Å². The maximum atomic E-state index is 11.7. The van der Waals surface area contributed by atoms with E-state index in [2.05, 4.69) is 5.32 Å². The van der Waals surface area contributed by atoms with E-state index in [-0.39, 0.29) is 11.8 Å². The summed E-state index contributed by atoms with van der Waals surface area (Å²) in [6.45, 7) is 2.97. The Morgan fingerprint density at radius 3 is 3.12 bits per heavy atom. The van der Waals surface area contributed by atoms with Crippen molar-refractivity contribution in [3.05, 3.63) is 23.8 Å². The minimum Gasteiger partial charge on any atom is -0.491 e. The number of carbonyl (C=O) groups is 1. The van der Waals surface area contributed by atoms with Crippen molar-refractivity contribution in [2.75, 3.05) is 18.5 Å². The minimum absolute atomic E-state index is 0.0136. The molecule has 4 heteroatoms. The summed E-state index contributed by atoms with van der Waals surface area (Å²) in [4.78, 5) is 11.7. The van der Waals surface area contributed by atoms with E-state index in [4.69, 9.17) is 10.5 Å². The molecule has 1 unspecified atom stereocenters. The Bertz CT molecular complexity index is 418. The average Bonchev–Trinajstić information content (AvgIpc) is 2.47. The molecule has 0 aromatic heterocycles. The van der Waals surface area contributed by atoms with Gasteiger partial charge in [-0.05, 0) is 37.1 Å². The molecular formula is C13H18N2O2. The molecule has 0 radical (unpaired) electrons. The number of benzene rings is 1. The lowest BCUT2D eigenvalue weighted by molar-refractivity contribution is -0.119. The van der Waals surface area contributed by atoms with Gasteiger partial charge in [0, 0.05) is 0 Å². The molecule has 1 heterocycles. The van der Waals surface area contributed by atoms with Gasteiger partial charge in [-0.25, -0.2) is 0 Å². The zero-order valence-corrected chi connectivity index (χ0v) is 10.0. The van der Waals surface area contributed by atoms with Crippen LogP contribution in [0.25, 0.3) is 0 Å². The Kier molecular flexibility index (Phi) is 3.64. The first kappa shape index (κ1) is 11.9. The van der Waals surface area contributed by atoms with Gasteiger partial charge in [-0.15, -0.1) is 0 Å². The maximum Gasteiger partial charge on any atom is 0.230 e. The van der Waals surface area contributed by atoms with Crippen molar-refractivity contribution in [3.63, 3.8) is 0 Å². The summed E-state index contributed by atoms with van der Waals surface area (Å²) in [7, 11) is 0. The Labute approximate surface area is 101 Å². The fraction of sp³-hybridized carbons (Fsp3) is 0.462. The highest BCUT2D eigenvalue weighted by atomic mass is 16.5. The van der Waals surface area contributed by atoms with Crippen LogP contribution in [0.4, 0.5) is 5.69 Å². The summed E-state index contributed by atoms with van der Waals surface area (Å²) >= 11 is 0. The molecule has 0 saturated carbocycles. The summed E-state index contributed by atoms with van der Waals surface area (Å²) < 4.78 is 5.58. The first-order valence-corrected chi connectivity index (χ1v) is 5.97. The highest BCUT2D eigenvalue weighted by Crippen LogP contribution is 2.29. The molecule has 92 valence electrons. The highest BCUT2D eigenvalue weighted by molar-refractivity contribution is 5.94. The monoisotopic (exact) mass is 234 g/mol. The summed E-state index contributed by atoms with van der Waals surface area (Å²) in [5.74, 6) is 0.647. The SMILES string of the molecule is CC1COc2ccc(CCCN)cc2NC1=O. The second-order valence-electron chi connectivity index (χ2n) is 4.42. The van der Waals surface area contributed by atoms with Crippen molar-refractivity contribution in [1.29, 1.82) is 0 Å². The predicted molar refractivity (Wildman–Crippen MR) is 67.1 cm³/mol. The molecule has 1 aromatic rings. The summed E-state index contributed by atoms with van der Waals surface area (Å²) in [6.07, 6.45) is 1.87. The van der Waals surface area contributed by atoms with E-state index in [1.807, 2.05) is 25.1 Å². The number of rotatable bonds is 3. The lowest BCUT2D eigenvalue weighted by atomic mass is 10.1. The molecule has 0 aliphatic carbocycles. The molecule has 0 fully saturated rings. The summed E-state index contributed by atoms with van der Waals surface area (Å²) in [6, 6.07) is 5.91. The first-order chi connectivity index (χ1) is 8.20. The van der Waals surface area contributed by atoms with Crippen molar-refractivity contribution in [2.45, 2.75) is 19.8 Å². The van der Waals surface area contributed by atoms with Crippen LogP contribution >= 0.6 is 0 Å². The lowest BCUT2D eigenvalue weighted by Crippen LogP contribution is -2.22. The quantitative estimate of drug-likeness (QED) is 0.834. The molecule has 1 amide bonds. The third-order valence-corrected chi connectivity index (χ3v) is 2.91. The highest BCUT2D eigenvalue weighted by Gasteiger charge is 2.20. The lowest BCUT2D eigenvalue weighted by Gasteiger charge is -2.09. The van der Waals surface area contributed by atoms with Gasteiger partial charge < -0.3 is 15.8 Å². The Hall–Kier alpha value is -1.55. The molecule has 1 aliphatic rings. The number of hydrogen-bond donors (Lipinski definition) is 2. The Balaban J connectivity index is 2.20. The number of hydrogen-bond acceptors (Lipinski definition) is 3. The number of fused-ring (bicyclic) bond motifs is 1. The van der Waals surface area contributed by atoms with Crippen LogP contribution in [0.3, 0.4) is 0 Å². The second-order valence-corrected chi connectivity index (χ2v) is 4.42. The van der Waals surface area contributed by atoms with Gasteiger partial charge in [0.2, 0.25) is 5.91 Å². The molecule has 1 aliphatic heterocycles. The Morgan fingerprint density at radius 2 is 2.35 bits per heavy atom. The second kappa shape index (κ2) is 5.19. The van der Waals surface area contributed by atoms with E-state index in [9.17, 15) is 4.79 Å². The molecule has 1 atom stereocenters. The van der Waals surface area contributed by atoms with Gasteiger partial charge in [-0.1, -0.05) is 13.0 Å². The first-order valence-electron chi connectivity index (χ1n) is 5.97. The van der Waals surface area contributed by atoms with Gasteiger partial charge in [0.25, 0.3) is 0 Å². The largest absolute Gasteiger partial charge is 0.491 e. The normalized spacial score (nSPS) is 18.9. The molecule has 0 spiro atoms. The smallest absolute Gasteiger partial charge is 0.230 e. The maximum absolute atomic E-state index is 11.7. The fourth-order valence-electron chi connectivity index (χ4n) is 1.81. The van der Waals surface area contributed by atoms with Crippen LogP contribution < -0.4 is 15.8 Å². The van der Waals surface area contributed by atoms with E-state index in [0.717, 1.165) is 24.3 Å². The van der Waals surface area contributed by atoms with Crippen LogP contribution in [0.15, 0.2) is 18.2 Å². The summed E-state index contributed by atoms with van der Waals surface area (Å²) in [5, 5.41) is 2.89. The molecule has 3 N–H and O–H groups in total. The van der Waals surface area contributed by atoms with Crippen LogP contribution in [0, 0.1) is 5.92 Å². The molecule has 0 saturated heterocycles. The van der Waals surface area contributed by atoms with Gasteiger partial charge >= 0.3 is 0 Å². The molecular weight excluding hydrogens is 216 g/mol. The Morgan fingerprint density at radius 1 is 1.53 bits per heavy atom. The standard InChI is InChI=1S/C13H18N2O2/c1-9-8-17-12-5-4-10(3-2-6-14)7-11(12)15-13(9)16/h4-5,7,9H,2-3,6,8,14H2,1H3,(H,15,16). The number of nitrogens with one attached hydrogen (secondary N) is 1. The van der Waals surface area contributed by atoms with E-state index >= 15 is 0 Å². The van der Waals surface area contributed by atoms with Gasteiger partial charge in [0.05, 0.1) is 18.2 Å². The van der Waals surface area contributed by atoms with Crippen LogP contribution in [0.1, 0.15) is 18.9 Å². The number of anilines is 1. The van der Waals surface area contributed by atoms with E-state index in [1.165, 1.54) is 5.56 Å². The minimum atomic E-state index is -0.116. The predicted octanol–water partition coefficient (Wildman–Crippen LogP) is 1.54. The van der Waals surface area contributed by atoms with Crippen molar-refractivity contribution in [1.82, 2.24) is 0 Å². The van der Waals surface area contributed by atoms with Gasteiger partial charge in [-0.2, -0.15) is 0 Å². The van der Waals surface area contributed by atoms with Crippen molar-refractivity contribution < 1.29 is 9.53 Å².